The summed E-state index contributed by atoms with van der Waals surface area (Å²) >= 11 is 0. The van der Waals surface area contributed by atoms with Crippen LogP contribution in [0.4, 0.5) is 5.95 Å². The molecule has 0 aromatic carbocycles. The van der Waals surface area contributed by atoms with Crippen molar-refractivity contribution in [2.24, 2.45) is 0 Å². The molecule has 30 heavy (non-hydrogen) atoms. The van der Waals surface area contributed by atoms with Crippen LogP contribution >= 0.6 is 0 Å². The highest BCUT2D eigenvalue weighted by molar-refractivity contribution is 5.81. The van der Waals surface area contributed by atoms with E-state index in [0.29, 0.717) is 13.1 Å². The predicted octanol–water partition coefficient (Wildman–Crippen LogP) is 0.936. The summed E-state index contributed by atoms with van der Waals surface area (Å²) in [6.07, 6.45) is 3.51. The third-order valence-electron chi connectivity index (χ3n) is 6.30. The van der Waals surface area contributed by atoms with Gasteiger partial charge in [0, 0.05) is 76.9 Å². The van der Waals surface area contributed by atoms with Crippen LogP contribution in [0.5, 0.6) is 0 Å². The van der Waals surface area contributed by atoms with Crippen LogP contribution < -0.4 is 4.90 Å². The summed E-state index contributed by atoms with van der Waals surface area (Å²) in [6.45, 7) is 13.5. The molecule has 4 heterocycles. The summed E-state index contributed by atoms with van der Waals surface area (Å²) in [4.78, 5) is 30.5. The molecule has 0 aliphatic carbocycles. The van der Waals surface area contributed by atoms with Gasteiger partial charge in [-0.15, -0.1) is 0 Å². The van der Waals surface area contributed by atoms with Crippen molar-refractivity contribution in [2.75, 3.05) is 57.3 Å². The van der Waals surface area contributed by atoms with Crippen molar-refractivity contribution >= 4 is 11.9 Å². The van der Waals surface area contributed by atoms with Crippen molar-refractivity contribution in [3.63, 3.8) is 0 Å². The van der Waals surface area contributed by atoms with Gasteiger partial charge < -0.3 is 14.3 Å². The summed E-state index contributed by atoms with van der Waals surface area (Å²) in [5.74, 6) is 1.87. The van der Waals surface area contributed by atoms with Gasteiger partial charge in [-0.1, -0.05) is 5.16 Å². The molecule has 0 spiro atoms. The maximum Gasteiger partial charge on any atom is 0.239 e. The second-order valence-corrected chi connectivity index (χ2v) is 8.15. The normalized spacial score (nSPS) is 19.8. The number of carbonyl (C=O) groups excluding carboxylic acids is 1. The summed E-state index contributed by atoms with van der Waals surface area (Å²) in [5.41, 5.74) is 2.16. The molecule has 0 saturated carbocycles. The van der Waals surface area contributed by atoms with E-state index in [1.54, 1.807) is 12.4 Å². The van der Waals surface area contributed by atoms with Crippen molar-refractivity contribution in [1.82, 2.24) is 29.8 Å². The SMILES string of the molecule is Cc1noc(C)c1CN1CCN(C(C)C(=O)N2CCN(c3ncccn3)CC2)CC1. The number of hydrogen-bond acceptors (Lipinski definition) is 8. The highest BCUT2D eigenvalue weighted by Gasteiger charge is 2.31. The summed E-state index contributed by atoms with van der Waals surface area (Å²) in [6, 6.07) is 1.73. The first-order valence-corrected chi connectivity index (χ1v) is 10.7. The molecule has 1 amide bonds. The van der Waals surface area contributed by atoms with E-state index >= 15 is 0 Å². The van der Waals surface area contributed by atoms with Gasteiger partial charge in [0.25, 0.3) is 0 Å². The van der Waals surface area contributed by atoms with Crippen LogP contribution in [-0.4, -0.2) is 94.1 Å². The van der Waals surface area contributed by atoms with Crippen molar-refractivity contribution < 1.29 is 9.32 Å². The predicted molar refractivity (Wildman–Crippen MR) is 113 cm³/mol. The van der Waals surface area contributed by atoms with Gasteiger partial charge in [0.05, 0.1) is 11.7 Å². The Labute approximate surface area is 177 Å². The minimum atomic E-state index is -0.0919. The Balaban J connectivity index is 1.25. The van der Waals surface area contributed by atoms with Crippen LogP contribution in [0.25, 0.3) is 0 Å². The average Bonchev–Trinajstić information content (AvgIpc) is 3.11. The standard InChI is InChI=1S/C21H31N7O2/c1-16-19(18(3)30-24-16)15-25-7-9-26(10-8-25)17(2)20(29)27-11-13-28(14-12-27)21-22-5-4-6-23-21/h4-6,17H,7-15H2,1-3H3. The van der Waals surface area contributed by atoms with Gasteiger partial charge in [0.15, 0.2) is 0 Å². The van der Waals surface area contributed by atoms with Crippen molar-refractivity contribution in [3.05, 3.63) is 35.5 Å². The molecule has 0 radical (unpaired) electrons. The Kier molecular flexibility index (Phi) is 6.29. The zero-order valence-corrected chi connectivity index (χ0v) is 18.1. The number of anilines is 1. The van der Waals surface area contributed by atoms with E-state index < -0.39 is 0 Å². The fourth-order valence-electron chi connectivity index (χ4n) is 4.26. The molecule has 2 saturated heterocycles. The van der Waals surface area contributed by atoms with Gasteiger partial charge in [0.1, 0.15) is 5.76 Å². The second kappa shape index (κ2) is 9.09. The molecule has 2 aromatic rings. The first-order valence-electron chi connectivity index (χ1n) is 10.7. The average molecular weight is 414 g/mol. The largest absolute Gasteiger partial charge is 0.361 e. The third-order valence-corrected chi connectivity index (χ3v) is 6.30. The molecule has 2 aliphatic rings. The minimum absolute atomic E-state index is 0.0919. The third kappa shape index (κ3) is 4.46. The number of piperazine rings is 2. The lowest BCUT2D eigenvalue weighted by Gasteiger charge is -2.41. The Morgan fingerprint density at radius 1 is 1.03 bits per heavy atom. The van der Waals surface area contributed by atoms with E-state index in [0.717, 1.165) is 63.2 Å². The molecule has 9 nitrogen and oxygen atoms in total. The maximum atomic E-state index is 13.1. The zero-order chi connectivity index (χ0) is 21.1. The second-order valence-electron chi connectivity index (χ2n) is 8.15. The Morgan fingerprint density at radius 3 is 2.30 bits per heavy atom. The highest BCUT2D eigenvalue weighted by atomic mass is 16.5. The molecular weight excluding hydrogens is 382 g/mol. The van der Waals surface area contributed by atoms with Crippen molar-refractivity contribution in [2.45, 2.75) is 33.4 Å². The van der Waals surface area contributed by atoms with E-state index in [1.807, 2.05) is 31.7 Å². The summed E-state index contributed by atoms with van der Waals surface area (Å²) in [5, 5.41) is 4.05. The number of aromatic nitrogens is 3. The van der Waals surface area contributed by atoms with Gasteiger partial charge in [0.2, 0.25) is 11.9 Å². The van der Waals surface area contributed by atoms with Gasteiger partial charge in [-0.3, -0.25) is 14.6 Å². The molecule has 4 rings (SSSR count). The molecule has 162 valence electrons. The molecule has 0 N–H and O–H groups in total. The van der Waals surface area contributed by atoms with Gasteiger partial charge in [-0.05, 0) is 26.8 Å². The van der Waals surface area contributed by atoms with Crippen LogP contribution in [0.3, 0.4) is 0 Å². The molecule has 0 bridgehead atoms. The number of rotatable bonds is 5. The van der Waals surface area contributed by atoms with E-state index in [-0.39, 0.29) is 11.9 Å². The van der Waals surface area contributed by atoms with Gasteiger partial charge >= 0.3 is 0 Å². The van der Waals surface area contributed by atoms with E-state index in [1.165, 1.54) is 5.56 Å². The number of amides is 1. The lowest BCUT2D eigenvalue weighted by atomic mass is 10.1. The lowest BCUT2D eigenvalue weighted by molar-refractivity contribution is -0.137. The van der Waals surface area contributed by atoms with Crippen LogP contribution in [0, 0.1) is 13.8 Å². The number of aryl methyl sites for hydroxylation is 2. The molecule has 2 aliphatic heterocycles. The van der Waals surface area contributed by atoms with Crippen LogP contribution in [-0.2, 0) is 11.3 Å². The maximum absolute atomic E-state index is 13.1. The van der Waals surface area contributed by atoms with E-state index in [9.17, 15) is 4.79 Å². The first kappa shape index (κ1) is 20.7. The Bertz CT molecular complexity index is 821. The highest BCUT2D eigenvalue weighted by Crippen LogP contribution is 2.18. The molecule has 1 atom stereocenters. The Hall–Kier alpha value is -2.52. The minimum Gasteiger partial charge on any atom is -0.361 e. The van der Waals surface area contributed by atoms with E-state index in [4.69, 9.17) is 4.52 Å². The number of nitrogens with zero attached hydrogens (tertiary/aromatic N) is 7. The van der Waals surface area contributed by atoms with Crippen LogP contribution in [0.1, 0.15) is 23.9 Å². The summed E-state index contributed by atoms with van der Waals surface area (Å²) in [7, 11) is 0. The molecule has 1 unspecified atom stereocenters. The number of hydrogen-bond donors (Lipinski definition) is 0. The molecule has 9 heteroatoms. The van der Waals surface area contributed by atoms with Gasteiger partial charge in [-0.25, -0.2) is 9.97 Å². The fraction of sp³-hybridized carbons (Fsp3) is 0.619. The quantitative estimate of drug-likeness (QED) is 0.716. The zero-order valence-electron chi connectivity index (χ0n) is 18.1. The summed E-state index contributed by atoms with van der Waals surface area (Å²) < 4.78 is 5.28. The topological polar surface area (TPSA) is 81.8 Å². The number of carbonyl (C=O) groups is 1. The fourth-order valence-corrected chi connectivity index (χ4v) is 4.26. The molecule has 2 fully saturated rings. The van der Waals surface area contributed by atoms with Crippen LogP contribution in [0.2, 0.25) is 0 Å². The van der Waals surface area contributed by atoms with Crippen molar-refractivity contribution in [3.8, 4) is 0 Å². The monoisotopic (exact) mass is 413 g/mol. The molecule has 2 aromatic heterocycles. The van der Waals surface area contributed by atoms with E-state index in [2.05, 4.69) is 29.8 Å². The lowest BCUT2D eigenvalue weighted by Crippen LogP contribution is -2.57. The smallest absolute Gasteiger partial charge is 0.239 e. The molecular formula is C21H31N7O2. The first-order chi connectivity index (χ1) is 14.5. The van der Waals surface area contributed by atoms with Gasteiger partial charge in [-0.2, -0.15) is 0 Å². The Morgan fingerprint density at radius 2 is 1.70 bits per heavy atom. The van der Waals surface area contributed by atoms with Crippen LogP contribution in [0.15, 0.2) is 23.0 Å². The van der Waals surface area contributed by atoms with Crippen molar-refractivity contribution in [1.29, 1.82) is 0 Å².